The lowest BCUT2D eigenvalue weighted by Gasteiger charge is -2.15. The molecule has 0 aliphatic rings. The van der Waals surface area contributed by atoms with Crippen molar-refractivity contribution in [2.75, 3.05) is 0 Å². The molecule has 3 rings (SSSR count). The van der Waals surface area contributed by atoms with Gasteiger partial charge in [0.2, 0.25) is 0 Å². The largest absolute Gasteiger partial charge is 0.382 e. The van der Waals surface area contributed by atoms with E-state index in [1.807, 2.05) is 24.3 Å². The number of halogens is 2. The van der Waals surface area contributed by atoms with Crippen molar-refractivity contribution in [1.29, 1.82) is 0 Å². The van der Waals surface area contributed by atoms with Crippen LogP contribution in [0.4, 0.5) is 0 Å². The van der Waals surface area contributed by atoms with E-state index in [4.69, 9.17) is 0 Å². The van der Waals surface area contributed by atoms with Gasteiger partial charge in [-0.05, 0) is 28.1 Å². The van der Waals surface area contributed by atoms with Crippen LogP contribution in [0.25, 0.3) is 10.9 Å². The molecule has 1 atom stereocenters. The molecule has 0 spiro atoms. The minimum Gasteiger partial charge on any atom is -0.382 e. The van der Waals surface area contributed by atoms with E-state index >= 15 is 0 Å². The van der Waals surface area contributed by atoms with Gasteiger partial charge in [0.1, 0.15) is 6.10 Å². The van der Waals surface area contributed by atoms with E-state index in [9.17, 15) is 5.11 Å². The highest BCUT2D eigenvalue weighted by atomic mass is 79.9. The van der Waals surface area contributed by atoms with Crippen LogP contribution >= 0.6 is 31.9 Å². The predicted molar refractivity (Wildman–Crippen MR) is 84.4 cm³/mol. The number of aryl methyl sites for hydroxylation is 1. The molecule has 6 heteroatoms. The van der Waals surface area contributed by atoms with Gasteiger partial charge in [-0.25, -0.2) is 0 Å². The fourth-order valence-electron chi connectivity index (χ4n) is 2.26. The summed E-state index contributed by atoms with van der Waals surface area (Å²) in [4.78, 5) is 4.40. The zero-order valence-electron chi connectivity index (χ0n) is 10.6. The molecule has 0 radical (unpaired) electrons. The summed E-state index contributed by atoms with van der Waals surface area (Å²) in [5.74, 6) is 0. The number of aliphatic hydroxyl groups is 1. The normalized spacial score (nSPS) is 12.8. The number of aromatic nitrogens is 3. The van der Waals surface area contributed by atoms with Crippen molar-refractivity contribution in [2.24, 2.45) is 7.05 Å². The van der Waals surface area contributed by atoms with Gasteiger partial charge in [0, 0.05) is 28.7 Å². The first-order valence-electron chi connectivity index (χ1n) is 5.98. The number of aliphatic hydroxyl groups excluding tert-OH is 1. The smallest absolute Gasteiger partial charge is 0.124 e. The van der Waals surface area contributed by atoms with Crippen molar-refractivity contribution in [2.45, 2.75) is 6.10 Å². The molecule has 1 unspecified atom stereocenters. The maximum Gasteiger partial charge on any atom is 0.124 e. The Morgan fingerprint density at radius 3 is 2.70 bits per heavy atom. The van der Waals surface area contributed by atoms with Gasteiger partial charge < -0.3 is 5.11 Å². The molecule has 2 heterocycles. The fraction of sp³-hybridized carbons (Fsp3) is 0.143. The number of fused-ring (bicyclic) bond motifs is 1. The second-order valence-corrected chi connectivity index (χ2v) is 6.15. The first kappa shape index (κ1) is 13.7. The summed E-state index contributed by atoms with van der Waals surface area (Å²) in [6.07, 6.45) is 2.61. The molecule has 0 aliphatic carbocycles. The summed E-state index contributed by atoms with van der Waals surface area (Å²) in [5, 5.41) is 15.8. The Kier molecular flexibility index (Phi) is 3.62. The molecule has 1 aromatic carbocycles. The number of rotatable bonds is 2. The SMILES string of the molecule is Cn1ncc(Br)c1C(O)c1ccc(Br)c2cccnc12. The quantitative estimate of drug-likeness (QED) is 0.720. The molecule has 0 fully saturated rings. The average Bonchev–Trinajstić information content (AvgIpc) is 2.78. The lowest BCUT2D eigenvalue weighted by molar-refractivity contribution is 0.210. The van der Waals surface area contributed by atoms with Crippen LogP contribution in [0.1, 0.15) is 17.4 Å². The van der Waals surface area contributed by atoms with Crippen LogP contribution in [0.5, 0.6) is 0 Å². The van der Waals surface area contributed by atoms with Crippen LogP contribution in [-0.2, 0) is 7.05 Å². The van der Waals surface area contributed by atoms with E-state index in [0.717, 1.165) is 25.4 Å². The van der Waals surface area contributed by atoms with Crippen LogP contribution in [-0.4, -0.2) is 19.9 Å². The summed E-state index contributed by atoms with van der Waals surface area (Å²) in [6, 6.07) is 7.65. The number of nitrogens with zero attached hydrogens (tertiary/aromatic N) is 3. The minimum absolute atomic E-state index is 0.708. The van der Waals surface area contributed by atoms with Gasteiger partial charge in [0.15, 0.2) is 0 Å². The summed E-state index contributed by atoms with van der Waals surface area (Å²) in [7, 11) is 1.80. The van der Waals surface area contributed by atoms with Crippen LogP contribution in [0.3, 0.4) is 0 Å². The fourth-order valence-corrected chi connectivity index (χ4v) is 3.27. The number of hydrogen-bond acceptors (Lipinski definition) is 3. The molecule has 0 bridgehead atoms. The molecule has 3 aromatic rings. The highest BCUT2D eigenvalue weighted by Gasteiger charge is 2.21. The maximum atomic E-state index is 10.7. The third-order valence-electron chi connectivity index (χ3n) is 3.24. The Hall–Kier alpha value is -1.24. The van der Waals surface area contributed by atoms with Gasteiger partial charge in [-0.15, -0.1) is 0 Å². The molecule has 20 heavy (non-hydrogen) atoms. The monoisotopic (exact) mass is 395 g/mol. The lowest BCUT2D eigenvalue weighted by atomic mass is 10.0. The molecular weight excluding hydrogens is 386 g/mol. The molecular formula is C14H11Br2N3O. The second-order valence-electron chi connectivity index (χ2n) is 4.44. The van der Waals surface area contributed by atoms with Crippen LogP contribution < -0.4 is 0 Å². The average molecular weight is 397 g/mol. The van der Waals surface area contributed by atoms with Gasteiger partial charge >= 0.3 is 0 Å². The Balaban J connectivity index is 2.23. The van der Waals surface area contributed by atoms with Gasteiger partial charge in [-0.1, -0.05) is 28.1 Å². The Labute approximate surface area is 132 Å². The molecule has 2 aromatic heterocycles. The van der Waals surface area contributed by atoms with E-state index in [1.165, 1.54) is 0 Å². The lowest BCUT2D eigenvalue weighted by Crippen LogP contribution is -2.08. The number of hydrogen-bond donors (Lipinski definition) is 1. The number of benzene rings is 1. The van der Waals surface area contributed by atoms with Crippen molar-refractivity contribution in [3.8, 4) is 0 Å². The summed E-state index contributed by atoms with van der Waals surface area (Å²) >= 11 is 6.93. The molecule has 1 N–H and O–H groups in total. The molecule has 0 saturated carbocycles. The van der Waals surface area contributed by atoms with E-state index < -0.39 is 6.10 Å². The van der Waals surface area contributed by atoms with Gasteiger partial charge in [-0.2, -0.15) is 5.10 Å². The van der Waals surface area contributed by atoms with Gasteiger partial charge in [0.25, 0.3) is 0 Å². The predicted octanol–water partition coefficient (Wildman–Crippen LogP) is 3.58. The van der Waals surface area contributed by atoms with Crippen LogP contribution in [0.2, 0.25) is 0 Å². The maximum absolute atomic E-state index is 10.7. The summed E-state index contributed by atoms with van der Waals surface area (Å²) in [5.41, 5.74) is 2.25. The Morgan fingerprint density at radius 2 is 2.00 bits per heavy atom. The van der Waals surface area contributed by atoms with Crippen molar-refractivity contribution in [1.82, 2.24) is 14.8 Å². The number of pyridine rings is 1. The zero-order valence-corrected chi connectivity index (χ0v) is 13.8. The van der Waals surface area contributed by atoms with Crippen molar-refractivity contribution in [3.63, 3.8) is 0 Å². The van der Waals surface area contributed by atoms with Gasteiger partial charge in [-0.3, -0.25) is 9.67 Å². The third kappa shape index (κ3) is 2.17. The van der Waals surface area contributed by atoms with Gasteiger partial charge in [0.05, 0.1) is 21.9 Å². The van der Waals surface area contributed by atoms with E-state index in [2.05, 4.69) is 41.9 Å². The van der Waals surface area contributed by atoms with Crippen molar-refractivity contribution in [3.05, 3.63) is 56.9 Å². The van der Waals surface area contributed by atoms with E-state index in [0.29, 0.717) is 5.69 Å². The molecule has 0 saturated heterocycles. The van der Waals surface area contributed by atoms with E-state index in [-0.39, 0.29) is 0 Å². The molecule has 0 aliphatic heterocycles. The third-order valence-corrected chi connectivity index (χ3v) is 4.54. The first-order valence-corrected chi connectivity index (χ1v) is 7.57. The second kappa shape index (κ2) is 5.27. The summed E-state index contributed by atoms with van der Waals surface area (Å²) < 4.78 is 3.39. The standard InChI is InChI=1S/C14H11Br2N3O/c1-19-13(11(16)7-18-19)14(20)9-4-5-10(15)8-3-2-6-17-12(8)9/h2-7,14,20H,1H3. The highest BCUT2D eigenvalue weighted by molar-refractivity contribution is 9.11. The highest BCUT2D eigenvalue weighted by Crippen LogP contribution is 2.33. The minimum atomic E-state index is -0.789. The first-order chi connectivity index (χ1) is 9.59. The topological polar surface area (TPSA) is 50.9 Å². The van der Waals surface area contributed by atoms with Crippen molar-refractivity contribution >= 4 is 42.8 Å². The Bertz CT molecular complexity index is 766. The summed E-state index contributed by atoms with van der Waals surface area (Å²) in [6.45, 7) is 0. The van der Waals surface area contributed by atoms with Crippen molar-refractivity contribution < 1.29 is 5.11 Å². The van der Waals surface area contributed by atoms with Crippen LogP contribution in [0.15, 0.2) is 45.6 Å². The van der Waals surface area contributed by atoms with Crippen LogP contribution in [0, 0.1) is 0 Å². The molecule has 0 amide bonds. The van der Waals surface area contributed by atoms with E-state index in [1.54, 1.807) is 24.1 Å². The zero-order chi connectivity index (χ0) is 14.3. The Morgan fingerprint density at radius 1 is 1.20 bits per heavy atom. The molecule has 4 nitrogen and oxygen atoms in total. The molecule has 102 valence electrons.